The number of carbonyl (C=O) groups excluding carboxylic acids is 1. The summed E-state index contributed by atoms with van der Waals surface area (Å²) in [5.74, 6) is -4.24. The minimum Gasteiger partial charge on any atom is -0.431 e. The third-order valence-corrected chi connectivity index (χ3v) is 4.73. The molecule has 3 aromatic rings. The van der Waals surface area contributed by atoms with Gasteiger partial charge in [-0.3, -0.25) is 4.98 Å². The first-order valence-electron chi connectivity index (χ1n) is 10.4. The van der Waals surface area contributed by atoms with Crippen LogP contribution in [0.15, 0.2) is 67.0 Å². The molecule has 0 spiro atoms. The second kappa shape index (κ2) is 11.7. The number of esters is 1. The normalized spacial score (nSPS) is 12.8. The average molecular weight is 510 g/mol. The number of hydrogen-bond donors (Lipinski definition) is 2. The summed E-state index contributed by atoms with van der Waals surface area (Å²) in [6.45, 7) is -6.16. The van der Waals surface area contributed by atoms with Gasteiger partial charge in [-0.1, -0.05) is 12.1 Å². The van der Waals surface area contributed by atoms with Crippen molar-refractivity contribution in [3.05, 3.63) is 78.1 Å². The number of anilines is 2. The summed E-state index contributed by atoms with van der Waals surface area (Å²) >= 11 is 0. The van der Waals surface area contributed by atoms with Crippen LogP contribution in [0, 0.1) is 0 Å². The molecule has 0 bridgehead atoms. The SMILES string of the molecule is C[C@](O)(CO)OC(=O)c1cccc(N(Cc2cccnc2)c2ccc(OC(F)F)c(OC(F)F)c2)c1. The van der Waals surface area contributed by atoms with Crippen LogP contribution in [0.3, 0.4) is 0 Å². The molecular weight excluding hydrogens is 488 g/mol. The smallest absolute Gasteiger partial charge is 0.387 e. The Kier molecular flexibility index (Phi) is 8.67. The van der Waals surface area contributed by atoms with Gasteiger partial charge in [0.25, 0.3) is 0 Å². The largest absolute Gasteiger partial charge is 0.431 e. The van der Waals surface area contributed by atoms with Crippen LogP contribution in [0.2, 0.25) is 0 Å². The molecule has 1 heterocycles. The number of alkyl halides is 4. The molecule has 0 unspecified atom stereocenters. The van der Waals surface area contributed by atoms with Crippen LogP contribution in [0.4, 0.5) is 28.9 Å². The van der Waals surface area contributed by atoms with Crippen LogP contribution in [-0.2, 0) is 11.3 Å². The highest BCUT2D eigenvalue weighted by molar-refractivity contribution is 5.91. The van der Waals surface area contributed by atoms with Gasteiger partial charge in [0.1, 0.15) is 6.61 Å². The molecule has 8 nitrogen and oxygen atoms in total. The summed E-state index contributed by atoms with van der Waals surface area (Å²) in [5.41, 5.74) is 1.32. The van der Waals surface area contributed by atoms with E-state index in [-0.39, 0.29) is 17.8 Å². The number of hydrogen-bond acceptors (Lipinski definition) is 8. The highest BCUT2D eigenvalue weighted by Gasteiger charge is 2.26. The average Bonchev–Trinajstić information content (AvgIpc) is 2.83. The van der Waals surface area contributed by atoms with Crippen molar-refractivity contribution in [1.29, 1.82) is 0 Å². The van der Waals surface area contributed by atoms with Crippen LogP contribution >= 0.6 is 0 Å². The molecule has 0 aliphatic rings. The van der Waals surface area contributed by atoms with Gasteiger partial charge in [0.05, 0.1) is 5.56 Å². The Labute approximate surface area is 203 Å². The van der Waals surface area contributed by atoms with E-state index in [4.69, 9.17) is 9.84 Å². The van der Waals surface area contributed by atoms with Crippen LogP contribution in [-0.4, -0.2) is 46.8 Å². The number of ether oxygens (including phenoxy) is 3. The van der Waals surface area contributed by atoms with E-state index in [0.717, 1.165) is 19.1 Å². The lowest BCUT2D eigenvalue weighted by atomic mass is 10.1. The van der Waals surface area contributed by atoms with Gasteiger partial charge in [0.2, 0.25) is 5.79 Å². The number of aliphatic hydroxyl groups is 2. The Morgan fingerprint density at radius 2 is 1.69 bits per heavy atom. The van der Waals surface area contributed by atoms with Crippen LogP contribution in [0.25, 0.3) is 0 Å². The predicted molar refractivity (Wildman–Crippen MR) is 119 cm³/mol. The zero-order valence-electron chi connectivity index (χ0n) is 18.9. The van der Waals surface area contributed by atoms with Gasteiger partial charge in [-0.2, -0.15) is 17.6 Å². The van der Waals surface area contributed by atoms with Crippen molar-refractivity contribution in [2.24, 2.45) is 0 Å². The first-order valence-corrected chi connectivity index (χ1v) is 10.4. The second-order valence-corrected chi connectivity index (χ2v) is 7.61. The molecule has 2 aromatic carbocycles. The number of benzene rings is 2. The molecule has 0 saturated heterocycles. The van der Waals surface area contributed by atoms with Crippen molar-refractivity contribution in [1.82, 2.24) is 4.98 Å². The van der Waals surface area contributed by atoms with Gasteiger partial charge >= 0.3 is 19.2 Å². The molecule has 36 heavy (non-hydrogen) atoms. The maximum atomic E-state index is 13.0. The second-order valence-electron chi connectivity index (χ2n) is 7.61. The molecule has 0 amide bonds. The molecule has 12 heteroatoms. The third-order valence-electron chi connectivity index (χ3n) is 4.73. The first kappa shape index (κ1) is 26.7. The van der Waals surface area contributed by atoms with E-state index in [1.165, 1.54) is 24.3 Å². The molecule has 3 rings (SSSR count). The molecule has 192 valence electrons. The molecular formula is C24H22F4N2O6. The lowest BCUT2D eigenvalue weighted by Crippen LogP contribution is -2.35. The number of rotatable bonds is 11. The number of nitrogens with zero attached hydrogens (tertiary/aromatic N) is 2. The van der Waals surface area contributed by atoms with Gasteiger partial charge in [0, 0.05) is 43.3 Å². The fourth-order valence-corrected chi connectivity index (χ4v) is 3.14. The van der Waals surface area contributed by atoms with Crippen LogP contribution in [0.1, 0.15) is 22.8 Å². The third kappa shape index (κ3) is 7.30. The van der Waals surface area contributed by atoms with Crippen molar-refractivity contribution >= 4 is 17.3 Å². The minimum absolute atomic E-state index is 0.0131. The maximum absolute atomic E-state index is 13.0. The topological polar surface area (TPSA) is 101 Å². The molecule has 1 aromatic heterocycles. The monoisotopic (exact) mass is 510 g/mol. The standard InChI is InChI=1S/C24H22F4N2O6/c1-24(33,14-31)36-21(32)16-5-2-6-17(10-16)30(13-15-4-3-9-29-12-15)18-7-8-19(34-22(25)26)20(11-18)35-23(27)28/h2-12,22-23,31,33H,13-14H2,1H3/t24-/m1/s1. The summed E-state index contributed by atoms with van der Waals surface area (Å²) in [5, 5.41) is 19.0. The Balaban J connectivity index is 2.05. The number of carbonyl (C=O) groups is 1. The van der Waals surface area contributed by atoms with Crippen LogP contribution in [0.5, 0.6) is 11.5 Å². The van der Waals surface area contributed by atoms with E-state index in [2.05, 4.69) is 14.5 Å². The van der Waals surface area contributed by atoms with Crippen molar-refractivity contribution in [3.63, 3.8) is 0 Å². The Morgan fingerprint density at radius 3 is 2.33 bits per heavy atom. The highest BCUT2D eigenvalue weighted by Crippen LogP contribution is 2.37. The molecule has 0 saturated carbocycles. The van der Waals surface area contributed by atoms with Gasteiger partial charge in [-0.15, -0.1) is 0 Å². The summed E-state index contributed by atoms with van der Waals surface area (Å²) in [6, 6.07) is 12.9. The molecule has 0 aliphatic carbocycles. The minimum atomic E-state index is -3.30. The van der Waals surface area contributed by atoms with E-state index in [1.807, 2.05) is 0 Å². The lowest BCUT2D eigenvalue weighted by Gasteiger charge is -2.27. The van der Waals surface area contributed by atoms with Crippen molar-refractivity contribution < 1.29 is 46.8 Å². The Hall–Kier alpha value is -3.90. The number of halogens is 4. The first-order chi connectivity index (χ1) is 17.1. The van der Waals surface area contributed by atoms with Crippen molar-refractivity contribution in [2.75, 3.05) is 11.5 Å². The van der Waals surface area contributed by atoms with Gasteiger partial charge in [0.15, 0.2) is 11.5 Å². The highest BCUT2D eigenvalue weighted by atomic mass is 19.3. The van der Waals surface area contributed by atoms with E-state index in [1.54, 1.807) is 35.5 Å². The zero-order valence-corrected chi connectivity index (χ0v) is 18.9. The van der Waals surface area contributed by atoms with E-state index < -0.39 is 43.1 Å². The quantitative estimate of drug-likeness (QED) is 0.221. The number of pyridine rings is 1. The maximum Gasteiger partial charge on any atom is 0.387 e. The number of aliphatic hydroxyl groups excluding tert-OH is 1. The Bertz CT molecular complexity index is 1160. The predicted octanol–water partition coefficient (Wildman–Crippen LogP) is 4.48. The van der Waals surface area contributed by atoms with Gasteiger partial charge in [-0.25, -0.2) is 4.79 Å². The molecule has 0 aliphatic heterocycles. The summed E-state index contributed by atoms with van der Waals surface area (Å²) in [7, 11) is 0. The van der Waals surface area contributed by atoms with Crippen molar-refractivity contribution in [3.8, 4) is 11.5 Å². The van der Waals surface area contributed by atoms with Gasteiger partial charge in [-0.05, 0) is 42.0 Å². The Morgan fingerprint density at radius 1 is 1.00 bits per heavy atom. The van der Waals surface area contributed by atoms with E-state index in [9.17, 15) is 27.5 Å². The zero-order chi connectivity index (χ0) is 26.3. The van der Waals surface area contributed by atoms with Gasteiger partial charge < -0.3 is 29.3 Å². The molecule has 0 radical (unpaired) electrons. The van der Waals surface area contributed by atoms with E-state index >= 15 is 0 Å². The summed E-state index contributed by atoms with van der Waals surface area (Å²) in [6.07, 6.45) is 3.12. The van der Waals surface area contributed by atoms with Crippen molar-refractivity contribution in [2.45, 2.75) is 32.5 Å². The summed E-state index contributed by atoms with van der Waals surface area (Å²) in [4.78, 5) is 18.1. The summed E-state index contributed by atoms with van der Waals surface area (Å²) < 4.78 is 65.0. The fraction of sp³-hybridized carbons (Fsp3) is 0.250. The molecule has 0 fully saturated rings. The molecule has 1 atom stereocenters. The fourth-order valence-electron chi connectivity index (χ4n) is 3.14. The lowest BCUT2D eigenvalue weighted by molar-refractivity contribution is -0.175. The molecule has 2 N–H and O–H groups in total. The van der Waals surface area contributed by atoms with Crippen LogP contribution < -0.4 is 14.4 Å². The number of aromatic nitrogens is 1. The van der Waals surface area contributed by atoms with E-state index in [0.29, 0.717) is 11.3 Å².